The van der Waals surface area contributed by atoms with Crippen LogP contribution in [0.25, 0.3) is 0 Å². The number of hydrogen-bond donors (Lipinski definition) is 0. The van der Waals surface area contributed by atoms with E-state index in [1.807, 2.05) is 12.1 Å². The fraction of sp³-hybridized carbons (Fsp3) is 0.529. The Morgan fingerprint density at radius 1 is 1.33 bits per heavy atom. The van der Waals surface area contributed by atoms with Gasteiger partial charge in [0.05, 0.1) is 11.6 Å². The summed E-state index contributed by atoms with van der Waals surface area (Å²) in [6, 6.07) is 5.99. The quantitative estimate of drug-likeness (QED) is 0.630. The van der Waals surface area contributed by atoms with E-state index in [1.165, 1.54) is 5.56 Å². The van der Waals surface area contributed by atoms with Crippen LogP contribution in [0.3, 0.4) is 0 Å². The molecule has 0 atom stereocenters. The summed E-state index contributed by atoms with van der Waals surface area (Å²) in [5.74, 6) is 3.95. The molecule has 0 N–H and O–H groups in total. The van der Waals surface area contributed by atoms with Gasteiger partial charge in [0.2, 0.25) is 0 Å². The molecule has 2 rings (SSSR count). The zero-order chi connectivity index (χ0) is 15.3. The van der Waals surface area contributed by atoms with Crippen molar-refractivity contribution in [2.45, 2.75) is 45.2 Å². The lowest BCUT2D eigenvalue weighted by atomic mass is 10.0. The van der Waals surface area contributed by atoms with Crippen LogP contribution in [0.15, 0.2) is 28.4 Å². The number of benzene rings is 1. The van der Waals surface area contributed by atoms with E-state index in [9.17, 15) is 0 Å². The fourth-order valence-electron chi connectivity index (χ4n) is 2.25. The molecule has 0 amide bonds. The molecule has 0 bridgehead atoms. The second kappa shape index (κ2) is 6.95. The molecular formula is C17H21ClN2O. The maximum atomic E-state index is 6.26. The molecule has 0 fully saturated rings. The number of nitrogens with zero attached hydrogens (tertiary/aromatic N) is 2. The van der Waals surface area contributed by atoms with Crippen molar-refractivity contribution in [1.82, 2.24) is 0 Å². The molecule has 0 saturated heterocycles. The van der Waals surface area contributed by atoms with Gasteiger partial charge in [-0.15, -0.1) is 12.3 Å². The lowest BCUT2D eigenvalue weighted by Crippen LogP contribution is -2.15. The number of terminal acetylenes is 1. The Hall–Kier alpha value is -1.53. The summed E-state index contributed by atoms with van der Waals surface area (Å²) in [5, 5.41) is 8.84. The molecule has 0 radical (unpaired) electrons. The zero-order valence-electron chi connectivity index (χ0n) is 12.6. The summed E-state index contributed by atoms with van der Waals surface area (Å²) < 4.78 is 5.75. The number of ether oxygens (including phenoxy) is 1. The van der Waals surface area contributed by atoms with E-state index in [2.05, 4.69) is 36.1 Å². The minimum atomic E-state index is -0.295. The normalized spacial score (nSPS) is 15.0. The van der Waals surface area contributed by atoms with Gasteiger partial charge in [-0.25, -0.2) is 0 Å². The first-order valence-electron chi connectivity index (χ1n) is 7.33. The molecule has 1 aromatic carbocycles. The van der Waals surface area contributed by atoms with Crippen LogP contribution in [0.2, 0.25) is 5.02 Å². The van der Waals surface area contributed by atoms with E-state index >= 15 is 0 Å². The molecule has 1 aliphatic heterocycles. The molecule has 0 saturated carbocycles. The van der Waals surface area contributed by atoms with E-state index in [1.54, 1.807) is 0 Å². The summed E-state index contributed by atoms with van der Waals surface area (Å²) in [7, 11) is 0. The Labute approximate surface area is 131 Å². The molecule has 0 spiro atoms. The largest absolute Gasteiger partial charge is 0.492 e. The van der Waals surface area contributed by atoms with Gasteiger partial charge in [-0.1, -0.05) is 31.5 Å². The second-order valence-electron chi connectivity index (χ2n) is 5.85. The van der Waals surface area contributed by atoms with Crippen molar-refractivity contribution in [3.63, 3.8) is 0 Å². The zero-order valence-corrected chi connectivity index (χ0v) is 13.4. The van der Waals surface area contributed by atoms with Crippen LogP contribution >= 0.6 is 11.6 Å². The van der Waals surface area contributed by atoms with Crippen LogP contribution in [-0.2, 0) is 6.42 Å². The lowest BCUT2D eigenvalue weighted by Gasteiger charge is -2.12. The van der Waals surface area contributed by atoms with Gasteiger partial charge in [-0.2, -0.15) is 10.2 Å². The third-order valence-electron chi connectivity index (χ3n) is 3.45. The molecule has 0 aromatic heterocycles. The average molecular weight is 305 g/mol. The first-order valence-corrected chi connectivity index (χ1v) is 7.71. The Kier molecular flexibility index (Phi) is 5.25. The highest BCUT2D eigenvalue weighted by Gasteiger charge is 2.38. The van der Waals surface area contributed by atoms with Gasteiger partial charge in [-0.3, -0.25) is 0 Å². The predicted octanol–water partition coefficient (Wildman–Crippen LogP) is 4.88. The Balaban J connectivity index is 1.82. The fourth-order valence-corrected chi connectivity index (χ4v) is 2.51. The van der Waals surface area contributed by atoms with E-state index in [0.717, 1.165) is 25.0 Å². The van der Waals surface area contributed by atoms with Crippen LogP contribution in [0, 0.1) is 18.3 Å². The van der Waals surface area contributed by atoms with E-state index in [4.69, 9.17) is 22.8 Å². The van der Waals surface area contributed by atoms with Crippen molar-refractivity contribution in [1.29, 1.82) is 0 Å². The summed E-state index contributed by atoms with van der Waals surface area (Å²) in [4.78, 5) is 0. The number of halogens is 1. The lowest BCUT2D eigenvalue weighted by molar-refractivity contribution is 0.284. The maximum absolute atomic E-state index is 6.26. The highest BCUT2D eigenvalue weighted by Crippen LogP contribution is 2.37. The van der Waals surface area contributed by atoms with Crippen molar-refractivity contribution in [2.75, 3.05) is 6.61 Å². The molecule has 1 aliphatic rings. The molecule has 3 nitrogen and oxygen atoms in total. The van der Waals surface area contributed by atoms with Crippen LogP contribution in [0.5, 0.6) is 5.75 Å². The minimum Gasteiger partial charge on any atom is -0.492 e. The van der Waals surface area contributed by atoms with Crippen LogP contribution in [-0.4, -0.2) is 12.3 Å². The third kappa shape index (κ3) is 4.75. The Bertz CT molecular complexity index is 554. The van der Waals surface area contributed by atoms with Gasteiger partial charge in [0.15, 0.2) is 5.66 Å². The molecule has 0 aliphatic carbocycles. The Morgan fingerprint density at radius 2 is 2.10 bits per heavy atom. The van der Waals surface area contributed by atoms with Crippen molar-refractivity contribution < 1.29 is 4.74 Å². The van der Waals surface area contributed by atoms with Gasteiger partial charge in [-0.05, 0) is 30.0 Å². The van der Waals surface area contributed by atoms with Gasteiger partial charge in [0.1, 0.15) is 5.75 Å². The highest BCUT2D eigenvalue weighted by molar-refractivity contribution is 6.32. The molecule has 1 heterocycles. The summed E-state index contributed by atoms with van der Waals surface area (Å²) in [6.07, 6.45) is 8.53. The van der Waals surface area contributed by atoms with E-state index in [0.29, 0.717) is 24.0 Å². The summed E-state index contributed by atoms with van der Waals surface area (Å²) >= 11 is 6.26. The van der Waals surface area contributed by atoms with E-state index in [-0.39, 0.29) is 5.66 Å². The average Bonchev–Trinajstić information content (AvgIpc) is 3.19. The smallest absolute Gasteiger partial charge is 0.195 e. The van der Waals surface area contributed by atoms with Crippen LogP contribution in [0.4, 0.5) is 0 Å². The highest BCUT2D eigenvalue weighted by atomic mass is 35.5. The summed E-state index contributed by atoms with van der Waals surface area (Å²) in [6.45, 7) is 4.92. The minimum absolute atomic E-state index is 0.295. The maximum Gasteiger partial charge on any atom is 0.195 e. The topological polar surface area (TPSA) is 34.0 Å². The summed E-state index contributed by atoms with van der Waals surface area (Å²) in [5.41, 5.74) is 0.941. The molecular weight excluding hydrogens is 284 g/mol. The first-order chi connectivity index (χ1) is 10.0. The van der Waals surface area contributed by atoms with Gasteiger partial charge in [0.25, 0.3) is 0 Å². The van der Waals surface area contributed by atoms with Gasteiger partial charge >= 0.3 is 0 Å². The molecule has 21 heavy (non-hydrogen) atoms. The van der Waals surface area contributed by atoms with Gasteiger partial charge in [0, 0.05) is 19.3 Å². The van der Waals surface area contributed by atoms with Crippen molar-refractivity contribution in [3.8, 4) is 18.1 Å². The molecule has 1 aromatic rings. The van der Waals surface area contributed by atoms with Crippen LogP contribution < -0.4 is 4.74 Å². The third-order valence-corrected chi connectivity index (χ3v) is 3.75. The van der Waals surface area contributed by atoms with E-state index < -0.39 is 0 Å². The molecule has 112 valence electrons. The molecule has 0 unspecified atom stereocenters. The molecule has 4 heteroatoms. The SMILES string of the molecule is C#CCCC1(CCOc2ccc(CC(C)C)cc2Cl)N=N1. The Morgan fingerprint density at radius 3 is 2.67 bits per heavy atom. The van der Waals surface area contributed by atoms with Crippen molar-refractivity contribution >= 4 is 11.6 Å². The van der Waals surface area contributed by atoms with Crippen molar-refractivity contribution in [3.05, 3.63) is 28.8 Å². The first kappa shape index (κ1) is 15.9. The predicted molar refractivity (Wildman–Crippen MR) is 85.8 cm³/mol. The number of rotatable bonds is 8. The second-order valence-corrected chi connectivity index (χ2v) is 6.25. The standard InChI is InChI=1S/C17H21ClN2O/c1-4-5-8-17(19-20-17)9-10-21-16-7-6-14(11-13(2)3)12-15(16)18/h1,6-7,12-13H,5,8-11H2,2-3H3. The van der Waals surface area contributed by atoms with Gasteiger partial charge < -0.3 is 4.74 Å². The van der Waals surface area contributed by atoms with Crippen LogP contribution in [0.1, 0.15) is 38.7 Å². The monoisotopic (exact) mass is 304 g/mol. The number of hydrogen-bond acceptors (Lipinski definition) is 3. The van der Waals surface area contributed by atoms with Crippen molar-refractivity contribution in [2.24, 2.45) is 16.1 Å².